The van der Waals surface area contributed by atoms with Crippen molar-refractivity contribution in [2.24, 2.45) is 0 Å². The van der Waals surface area contributed by atoms with Gasteiger partial charge in [0.25, 0.3) is 0 Å². The van der Waals surface area contributed by atoms with Crippen LogP contribution >= 0.6 is 0 Å². The molecular formula is C15H25N3O. The van der Waals surface area contributed by atoms with Gasteiger partial charge in [-0.05, 0) is 44.1 Å². The van der Waals surface area contributed by atoms with Gasteiger partial charge in [-0.25, -0.2) is 0 Å². The van der Waals surface area contributed by atoms with E-state index in [2.05, 4.69) is 24.1 Å². The number of benzene rings is 1. The van der Waals surface area contributed by atoms with Crippen molar-refractivity contribution in [1.29, 1.82) is 0 Å². The molecule has 0 bridgehead atoms. The number of hydrogen-bond donors (Lipinski definition) is 2. The minimum Gasteiger partial charge on any atom is -0.399 e. The van der Waals surface area contributed by atoms with Crippen molar-refractivity contribution in [2.75, 3.05) is 30.7 Å². The van der Waals surface area contributed by atoms with Crippen LogP contribution in [0.1, 0.15) is 33.1 Å². The summed E-state index contributed by atoms with van der Waals surface area (Å²) in [6, 6.07) is 7.27. The number of rotatable bonds is 8. The monoisotopic (exact) mass is 263 g/mol. The lowest BCUT2D eigenvalue weighted by Gasteiger charge is -2.20. The lowest BCUT2D eigenvalue weighted by atomic mass is 10.2. The van der Waals surface area contributed by atoms with Gasteiger partial charge in [0.15, 0.2) is 0 Å². The molecule has 0 atom stereocenters. The average Bonchev–Trinajstić information content (AvgIpc) is 2.36. The summed E-state index contributed by atoms with van der Waals surface area (Å²) in [5.41, 5.74) is 7.11. The van der Waals surface area contributed by atoms with Crippen LogP contribution in [0.3, 0.4) is 0 Å². The molecule has 19 heavy (non-hydrogen) atoms. The molecule has 1 aromatic carbocycles. The number of nitrogens with two attached hydrogens (primary N) is 1. The van der Waals surface area contributed by atoms with Gasteiger partial charge in [0.1, 0.15) is 0 Å². The zero-order valence-corrected chi connectivity index (χ0v) is 12.0. The second kappa shape index (κ2) is 8.53. The fourth-order valence-corrected chi connectivity index (χ4v) is 2.07. The molecule has 0 heterocycles. The first-order chi connectivity index (χ1) is 9.15. The molecule has 3 N–H and O–H groups in total. The van der Waals surface area contributed by atoms with Crippen LogP contribution in [-0.4, -0.2) is 30.4 Å². The molecular weight excluding hydrogens is 238 g/mol. The molecule has 4 heteroatoms. The number of nitrogen functional groups attached to an aromatic ring is 1. The van der Waals surface area contributed by atoms with Gasteiger partial charge in [0, 0.05) is 24.3 Å². The van der Waals surface area contributed by atoms with Gasteiger partial charge >= 0.3 is 0 Å². The van der Waals surface area contributed by atoms with E-state index in [1.807, 2.05) is 12.1 Å². The smallest absolute Gasteiger partial charge is 0.225 e. The van der Waals surface area contributed by atoms with E-state index in [0.717, 1.165) is 38.2 Å². The zero-order valence-electron chi connectivity index (χ0n) is 12.0. The van der Waals surface area contributed by atoms with Crippen molar-refractivity contribution in [3.8, 4) is 0 Å². The summed E-state index contributed by atoms with van der Waals surface area (Å²) in [5, 5.41) is 2.88. The molecule has 0 aliphatic heterocycles. The first-order valence-corrected chi connectivity index (χ1v) is 7.03. The topological polar surface area (TPSA) is 58.4 Å². The zero-order chi connectivity index (χ0) is 14.1. The first kappa shape index (κ1) is 15.5. The molecule has 0 spiro atoms. The molecule has 0 fully saturated rings. The van der Waals surface area contributed by atoms with E-state index in [0.29, 0.717) is 12.1 Å². The van der Waals surface area contributed by atoms with Crippen molar-refractivity contribution >= 4 is 17.3 Å². The van der Waals surface area contributed by atoms with Gasteiger partial charge in [-0.1, -0.05) is 19.9 Å². The van der Waals surface area contributed by atoms with Crippen LogP contribution in [0.25, 0.3) is 0 Å². The highest BCUT2D eigenvalue weighted by Gasteiger charge is 2.07. The highest BCUT2D eigenvalue weighted by atomic mass is 16.1. The van der Waals surface area contributed by atoms with E-state index in [9.17, 15) is 4.79 Å². The molecule has 0 saturated carbocycles. The molecule has 0 radical (unpaired) electrons. The maximum atomic E-state index is 11.9. The third kappa shape index (κ3) is 6.25. The van der Waals surface area contributed by atoms with Crippen LogP contribution in [0.5, 0.6) is 0 Å². The van der Waals surface area contributed by atoms with Crippen molar-refractivity contribution in [3.05, 3.63) is 24.3 Å². The number of carbonyl (C=O) groups is 1. The summed E-state index contributed by atoms with van der Waals surface area (Å²) >= 11 is 0. The van der Waals surface area contributed by atoms with E-state index >= 15 is 0 Å². The summed E-state index contributed by atoms with van der Waals surface area (Å²) in [6.07, 6.45) is 2.77. The van der Waals surface area contributed by atoms with Gasteiger partial charge in [-0.3, -0.25) is 4.79 Å². The summed E-state index contributed by atoms with van der Waals surface area (Å²) in [7, 11) is 0. The normalized spacial score (nSPS) is 10.7. The largest absolute Gasteiger partial charge is 0.399 e. The molecule has 0 aliphatic rings. The maximum absolute atomic E-state index is 11.9. The second-order valence-electron chi connectivity index (χ2n) is 4.77. The van der Waals surface area contributed by atoms with Gasteiger partial charge in [-0.2, -0.15) is 0 Å². The van der Waals surface area contributed by atoms with E-state index in [1.54, 1.807) is 12.1 Å². The molecule has 1 aromatic rings. The fraction of sp³-hybridized carbons (Fsp3) is 0.533. The Kier molecular flexibility index (Phi) is 6.97. The number of hydrogen-bond acceptors (Lipinski definition) is 3. The molecule has 4 nitrogen and oxygen atoms in total. The Labute approximate surface area is 116 Å². The van der Waals surface area contributed by atoms with E-state index in [-0.39, 0.29) is 5.91 Å². The van der Waals surface area contributed by atoms with Gasteiger partial charge < -0.3 is 16.0 Å². The minimum atomic E-state index is 0.0443. The number of nitrogens with zero attached hydrogens (tertiary/aromatic N) is 1. The van der Waals surface area contributed by atoms with Crippen LogP contribution in [-0.2, 0) is 4.79 Å². The first-order valence-electron chi connectivity index (χ1n) is 7.03. The van der Waals surface area contributed by atoms with E-state index < -0.39 is 0 Å². The van der Waals surface area contributed by atoms with Crippen molar-refractivity contribution in [2.45, 2.75) is 33.1 Å². The molecule has 0 aromatic heterocycles. The summed E-state index contributed by atoms with van der Waals surface area (Å²) < 4.78 is 0. The summed E-state index contributed by atoms with van der Waals surface area (Å²) in [4.78, 5) is 14.2. The Morgan fingerprint density at radius 2 is 1.89 bits per heavy atom. The Bertz CT molecular complexity index is 387. The van der Waals surface area contributed by atoms with Gasteiger partial charge in [0.05, 0.1) is 0 Å². The number of carbonyl (C=O) groups excluding carboxylic acids is 1. The Hall–Kier alpha value is -1.55. The van der Waals surface area contributed by atoms with Crippen LogP contribution in [0, 0.1) is 0 Å². The number of nitrogens with one attached hydrogen (secondary N) is 1. The third-order valence-corrected chi connectivity index (χ3v) is 2.91. The lowest BCUT2D eigenvalue weighted by molar-refractivity contribution is -0.116. The SMILES string of the molecule is CCCN(CCC)CCC(=O)Nc1cccc(N)c1. The predicted octanol–water partition coefficient (Wildman–Crippen LogP) is 2.72. The van der Waals surface area contributed by atoms with Crippen molar-refractivity contribution < 1.29 is 4.79 Å². The van der Waals surface area contributed by atoms with Crippen LogP contribution < -0.4 is 11.1 Å². The summed E-state index contributed by atoms with van der Waals surface area (Å²) in [5.74, 6) is 0.0443. The fourth-order valence-electron chi connectivity index (χ4n) is 2.07. The molecule has 106 valence electrons. The quantitative estimate of drug-likeness (QED) is 0.709. The Morgan fingerprint density at radius 3 is 2.47 bits per heavy atom. The van der Waals surface area contributed by atoms with E-state index in [1.165, 1.54) is 0 Å². The number of amides is 1. The molecule has 0 unspecified atom stereocenters. The molecule has 0 saturated heterocycles. The van der Waals surface area contributed by atoms with Crippen molar-refractivity contribution in [3.63, 3.8) is 0 Å². The second-order valence-corrected chi connectivity index (χ2v) is 4.77. The van der Waals surface area contributed by atoms with Crippen LogP contribution in [0.4, 0.5) is 11.4 Å². The minimum absolute atomic E-state index is 0.0443. The lowest BCUT2D eigenvalue weighted by Crippen LogP contribution is -2.29. The van der Waals surface area contributed by atoms with Gasteiger partial charge in [-0.15, -0.1) is 0 Å². The molecule has 1 amide bonds. The Balaban J connectivity index is 2.38. The van der Waals surface area contributed by atoms with Crippen LogP contribution in [0.2, 0.25) is 0 Å². The average molecular weight is 263 g/mol. The standard InChI is InChI=1S/C15H25N3O/c1-3-9-18(10-4-2)11-8-15(19)17-14-7-5-6-13(16)12-14/h5-7,12H,3-4,8-11,16H2,1-2H3,(H,17,19). The molecule has 1 rings (SSSR count). The van der Waals surface area contributed by atoms with Crippen molar-refractivity contribution in [1.82, 2.24) is 4.90 Å². The Morgan fingerprint density at radius 1 is 1.21 bits per heavy atom. The highest BCUT2D eigenvalue weighted by Crippen LogP contribution is 2.12. The third-order valence-electron chi connectivity index (χ3n) is 2.91. The van der Waals surface area contributed by atoms with Gasteiger partial charge in [0.2, 0.25) is 5.91 Å². The summed E-state index contributed by atoms with van der Waals surface area (Å²) in [6.45, 7) is 7.25. The van der Waals surface area contributed by atoms with E-state index in [4.69, 9.17) is 5.73 Å². The highest BCUT2D eigenvalue weighted by molar-refractivity contribution is 5.91. The predicted molar refractivity (Wildman–Crippen MR) is 81.1 cm³/mol. The number of anilines is 2. The molecule has 0 aliphatic carbocycles. The van der Waals surface area contributed by atoms with Crippen LogP contribution in [0.15, 0.2) is 24.3 Å². The maximum Gasteiger partial charge on any atom is 0.225 e.